The van der Waals surface area contributed by atoms with E-state index in [1.807, 2.05) is 6.92 Å². The molecule has 3 N–H and O–H groups in total. The van der Waals surface area contributed by atoms with E-state index < -0.39 is 39.5 Å². The predicted molar refractivity (Wildman–Crippen MR) is 145 cm³/mol. The first-order valence-electron chi connectivity index (χ1n) is 14.0. The fourth-order valence-electron chi connectivity index (χ4n) is 8.53. The number of carbonyl (C=O) groups is 3. The zero-order valence-electron chi connectivity index (χ0n) is 23.0. The number of ketones is 2. The van der Waals surface area contributed by atoms with Crippen LogP contribution in [0, 0.1) is 40.4 Å². The quantitative estimate of drug-likeness (QED) is 0.314. The number of hydrogen-bond donors (Lipinski definition) is 3. The third kappa shape index (κ3) is 5.30. The average molecular weight is 612 g/mol. The van der Waals surface area contributed by atoms with Gasteiger partial charge >= 0.3 is 5.97 Å². The summed E-state index contributed by atoms with van der Waals surface area (Å²) in [7, 11) is 0. The molecule has 1 aliphatic heterocycles. The van der Waals surface area contributed by atoms with Crippen LogP contribution >= 0.6 is 34.8 Å². The highest BCUT2D eigenvalue weighted by Gasteiger charge is 2.68. The second-order valence-electron chi connectivity index (χ2n) is 12.9. The molecule has 11 atom stereocenters. The number of ether oxygens (including phenoxy) is 2. The highest BCUT2D eigenvalue weighted by Crippen LogP contribution is 2.67. The number of cyclic esters (lactones) is 1. The normalized spacial score (nSPS) is 47.6. The van der Waals surface area contributed by atoms with Gasteiger partial charge < -0.3 is 24.8 Å². The molecule has 0 amide bonds. The second-order valence-corrected chi connectivity index (χ2v) is 15.3. The molecule has 1 saturated heterocycles. The molecular formula is C28H41Cl3O8. The molecule has 0 aromatic heterocycles. The number of esters is 1. The van der Waals surface area contributed by atoms with Crippen molar-refractivity contribution >= 4 is 52.3 Å². The van der Waals surface area contributed by atoms with E-state index in [-0.39, 0.29) is 53.5 Å². The number of hydrogen-bond acceptors (Lipinski definition) is 8. The van der Waals surface area contributed by atoms with Crippen molar-refractivity contribution in [2.24, 2.45) is 40.4 Å². The van der Waals surface area contributed by atoms with Crippen LogP contribution in [0.2, 0.25) is 0 Å². The number of fused-ring (bicyclic) bond motifs is 5. The Morgan fingerprint density at radius 3 is 2.33 bits per heavy atom. The molecule has 5 rings (SSSR count). The number of aliphatic hydroxyl groups excluding tert-OH is 2. The van der Waals surface area contributed by atoms with Crippen LogP contribution in [0.5, 0.6) is 0 Å². The Kier molecular flexibility index (Phi) is 8.85. The molecule has 0 bridgehead atoms. The van der Waals surface area contributed by atoms with E-state index >= 15 is 0 Å². The molecule has 1 heterocycles. The van der Waals surface area contributed by atoms with Gasteiger partial charge in [0, 0.05) is 17.8 Å². The van der Waals surface area contributed by atoms with Crippen molar-refractivity contribution in [3.8, 4) is 0 Å². The Bertz CT molecular complexity index is 986. The fourth-order valence-corrected chi connectivity index (χ4v) is 8.82. The zero-order valence-corrected chi connectivity index (χ0v) is 25.3. The summed E-state index contributed by atoms with van der Waals surface area (Å²) in [6, 6.07) is 0. The van der Waals surface area contributed by atoms with Crippen LogP contribution in [0.25, 0.3) is 0 Å². The zero-order chi connectivity index (χ0) is 29.1. The lowest BCUT2D eigenvalue weighted by molar-refractivity contribution is -0.223. The number of aliphatic hydroxyl groups is 3. The lowest BCUT2D eigenvalue weighted by Crippen LogP contribution is -2.62. The van der Waals surface area contributed by atoms with Gasteiger partial charge in [0.1, 0.15) is 18.0 Å². The van der Waals surface area contributed by atoms with Crippen LogP contribution < -0.4 is 0 Å². The minimum absolute atomic E-state index is 0.0154. The standard InChI is InChI=1S/C21H32O5.C7H9Cl3O3/c1-19-7-5-13(23)9-12(19)3-4-14-15-6-8-21(26,17(25)11-22)20(15,2)10-16(24)18(14)19;1-3-4(2)12-6(7(8,9)10)13-5(3)11/h12-15,18,22-23,26H,3-11H2,1-2H3;3-4,6H,1-2H3/t12-,13-,14+,15+,18-,19+,20+,21+;/m1./s1. The minimum atomic E-state index is -1.73. The van der Waals surface area contributed by atoms with Crippen LogP contribution in [-0.4, -0.2) is 67.4 Å². The van der Waals surface area contributed by atoms with Crippen LogP contribution in [0.3, 0.4) is 0 Å². The molecule has 0 radical (unpaired) electrons. The molecule has 0 aromatic carbocycles. The smallest absolute Gasteiger partial charge is 0.313 e. The molecule has 4 aliphatic carbocycles. The van der Waals surface area contributed by atoms with Crippen molar-refractivity contribution in [3.63, 3.8) is 0 Å². The summed E-state index contributed by atoms with van der Waals surface area (Å²) in [4.78, 5) is 36.9. The summed E-state index contributed by atoms with van der Waals surface area (Å²) in [6.45, 7) is 6.89. The van der Waals surface area contributed by atoms with E-state index in [0.717, 1.165) is 38.5 Å². The van der Waals surface area contributed by atoms with E-state index in [2.05, 4.69) is 6.92 Å². The van der Waals surface area contributed by atoms with E-state index in [9.17, 15) is 29.7 Å². The Morgan fingerprint density at radius 2 is 1.74 bits per heavy atom. The van der Waals surface area contributed by atoms with Crippen LogP contribution in [-0.2, 0) is 23.9 Å². The molecule has 5 aliphatic rings. The summed E-state index contributed by atoms with van der Waals surface area (Å²) < 4.78 is 8.24. The monoisotopic (exact) mass is 610 g/mol. The van der Waals surface area contributed by atoms with Gasteiger partial charge in [0.2, 0.25) is 0 Å². The lowest BCUT2D eigenvalue weighted by atomic mass is 9.44. The number of rotatable bonds is 2. The van der Waals surface area contributed by atoms with Gasteiger partial charge in [-0.25, -0.2) is 0 Å². The number of halogens is 3. The third-order valence-electron chi connectivity index (χ3n) is 11.0. The summed E-state index contributed by atoms with van der Waals surface area (Å²) in [5, 5.41) is 30.6. The molecular weight excluding hydrogens is 571 g/mol. The van der Waals surface area contributed by atoms with Crippen molar-refractivity contribution in [1.82, 2.24) is 0 Å². The first-order valence-corrected chi connectivity index (χ1v) is 15.1. The van der Waals surface area contributed by atoms with Crippen LogP contribution in [0.4, 0.5) is 0 Å². The Hall–Kier alpha value is -0.480. The number of alkyl halides is 3. The van der Waals surface area contributed by atoms with E-state index in [1.54, 1.807) is 13.8 Å². The molecule has 5 fully saturated rings. The summed E-state index contributed by atoms with van der Waals surface area (Å²) in [6.07, 6.45) is 4.06. The average Bonchev–Trinajstić information content (AvgIpc) is 3.12. The highest BCUT2D eigenvalue weighted by molar-refractivity contribution is 6.68. The molecule has 11 heteroatoms. The summed E-state index contributed by atoms with van der Waals surface area (Å²) >= 11 is 16.6. The Balaban J connectivity index is 0.000000229. The largest absolute Gasteiger partial charge is 0.431 e. The SMILES string of the molecule is CC1OC(C(Cl)(Cl)Cl)OC(=O)C1C.C[C@]12CC[C@@H](O)C[C@H]1CC[C@@H]1[C@@H]2C(=O)C[C@@]2(C)[C@H]1CC[C@]2(O)C(=O)CO. The van der Waals surface area contributed by atoms with E-state index in [4.69, 9.17) is 44.3 Å². The first-order chi connectivity index (χ1) is 18.0. The highest BCUT2D eigenvalue weighted by atomic mass is 35.6. The van der Waals surface area contributed by atoms with Crippen molar-refractivity contribution in [2.75, 3.05) is 6.61 Å². The van der Waals surface area contributed by atoms with Gasteiger partial charge in [-0.15, -0.1) is 0 Å². The Morgan fingerprint density at radius 1 is 1.08 bits per heavy atom. The first kappa shape index (κ1) is 31.5. The van der Waals surface area contributed by atoms with Crippen LogP contribution in [0.15, 0.2) is 0 Å². The summed E-state index contributed by atoms with van der Waals surface area (Å²) in [5.41, 5.74) is -2.40. The molecule has 39 heavy (non-hydrogen) atoms. The molecule has 0 aromatic rings. The fraction of sp³-hybridized carbons (Fsp3) is 0.893. The summed E-state index contributed by atoms with van der Waals surface area (Å²) in [5.74, 6) is -0.358. The van der Waals surface area contributed by atoms with E-state index in [1.165, 1.54) is 0 Å². The van der Waals surface area contributed by atoms with Gasteiger partial charge in [-0.2, -0.15) is 0 Å². The van der Waals surface area contributed by atoms with Crippen molar-refractivity contribution < 1.29 is 39.2 Å². The predicted octanol–water partition coefficient (Wildman–Crippen LogP) is 4.14. The number of Topliss-reactive ketones (excluding diaryl/α,β-unsaturated/α-hetero) is 2. The maximum Gasteiger partial charge on any atom is 0.313 e. The van der Waals surface area contributed by atoms with Gasteiger partial charge in [0.15, 0.2) is 5.78 Å². The van der Waals surface area contributed by atoms with Gasteiger partial charge in [-0.3, -0.25) is 14.4 Å². The van der Waals surface area contributed by atoms with Gasteiger partial charge in [-0.1, -0.05) is 48.7 Å². The van der Waals surface area contributed by atoms with Gasteiger partial charge in [0.05, 0.1) is 18.1 Å². The van der Waals surface area contributed by atoms with Crippen molar-refractivity contribution in [3.05, 3.63) is 0 Å². The van der Waals surface area contributed by atoms with Gasteiger partial charge in [0.25, 0.3) is 10.1 Å². The van der Waals surface area contributed by atoms with E-state index in [0.29, 0.717) is 12.3 Å². The topological polar surface area (TPSA) is 130 Å². The molecule has 0 spiro atoms. The molecule has 222 valence electrons. The third-order valence-corrected chi connectivity index (χ3v) is 11.5. The molecule has 3 unspecified atom stereocenters. The maximum atomic E-state index is 13.4. The lowest BCUT2D eigenvalue weighted by Gasteiger charge is -2.60. The maximum absolute atomic E-state index is 13.4. The van der Waals surface area contributed by atoms with Gasteiger partial charge in [-0.05, 0) is 82.0 Å². The minimum Gasteiger partial charge on any atom is -0.431 e. The second kappa shape index (κ2) is 11.0. The van der Waals surface area contributed by atoms with Crippen LogP contribution in [0.1, 0.15) is 79.1 Å². The molecule has 4 saturated carbocycles. The van der Waals surface area contributed by atoms with Crippen molar-refractivity contribution in [2.45, 2.75) is 107 Å². The Labute approximate surface area is 245 Å². The van der Waals surface area contributed by atoms with Crippen molar-refractivity contribution in [1.29, 1.82) is 0 Å². The molecule has 8 nitrogen and oxygen atoms in total. The number of carbonyl (C=O) groups excluding carboxylic acids is 3.